The highest BCUT2D eigenvalue weighted by Crippen LogP contribution is 2.39. The van der Waals surface area contributed by atoms with E-state index in [4.69, 9.17) is 9.47 Å². The molecule has 0 fully saturated rings. The fourth-order valence-electron chi connectivity index (χ4n) is 2.83. The van der Waals surface area contributed by atoms with Crippen LogP contribution in [0.5, 0.6) is 11.5 Å². The van der Waals surface area contributed by atoms with Gasteiger partial charge in [-0.25, -0.2) is 0 Å². The summed E-state index contributed by atoms with van der Waals surface area (Å²) in [6.45, 7) is 6.17. The molecule has 0 aromatic heterocycles. The zero-order valence-corrected chi connectivity index (χ0v) is 15.1. The lowest BCUT2D eigenvalue weighted by molar-refractivity contribution is -0.137. The number of fused-ring (bicyclic) bond motifs is 1. The molecule has 3 rings (SSSR count). The number of halogens is 3. The lowest BCUT2D eigenvalue weighted by Crippen LogP contribution is -2.06. The van der Waals surface area contributed by atoms with Crippen molar-refractivity contribution in [3.8, 4) is 11.5 Å². The van der Waals surface area contributed by atoms with Gasteiger partial charge in [0.25, 0.3) is 5.91 Å². The Kier molecular flexibility index (Phi) is 5.44. The molecule has 0 atom stereocenters. The average molecular weight is 389 g/mol. The number of anilines is 1. The standard InChI is InChI=1S/C21H18F3NO3/c1-3-9-28-18-8-5-13(11-19(18)27-4-2)10-16-15-7-6-14(21(22,23)24)12-17(15)25-20(16)26/h3,5-8,10-12H,1,4,9H2,2H3,(H,25,26)/b16-10-. The number of amides is 1. The lowest BCUT2D eigenvalue weighted by atomic mass is 10.0. The van der Waals surface area contributed by atoms with Crippen LogP contribution >= 0.6 is 0 Å². The zero-order valence-electron chi connectivity index (χ0n) is 15.1. The summed E-state index contributed by atoms with van der Waals surface area (Å²) in [6.07, 6.45) is -1.26. The van der Waals surface area contributed by atoms with E-state index in [1.165, 1.54) is 6.07 Å². The summed E-state index contributed by atoms with van der Waals surface area (Å²) in [6, 6.07) is 8.36. The molecule has 0 saturated heterocycles. The number of alkyl halides is 3. The van der Waals surface area contributed by atoms with Crippen LogP contribution in [0.4, 0.5) is 18.9 Å². The van der Waals surface area contributed by atoms with Gasteiger partial charge in [0.2, 0.25) is 0 Å². The van der Waals surface area contributed by atoms with E-state index in [2.05, 4.69) is 11.9 Å². The highest BCUT2D eigenvalue weighted by atomic mass is 19.4. The second kappa shape index (κ2) is 7.80. The van der Waals surface area contributed by atoms with E-state index in [-0.39, 0.29) is 11.3 Å². The van der Waals surface area contributed by atoms with Crippen molar-refractivity contribution in [1.29, 1.82) is 0 Å². The Labute approximate surface area is 160 Å². The Morgan fingerprint density at radius 2 is 1.89 bits per heavy atom. The van der Waals surface area contributed by atoms with E-state index in [0.717, 1.165) is 12.1 Å². The number of hydrogen-bond acceptors (Lipinski definition) is 3. The van der Waals surface area contributed by atoms with Gasteiger partial charge in [-0.15, -0.1) is 0 Å². The Balaban J connectivity index is 1.97. The highest BCUT2D eigenvalue weighted by Gasteiger charge is 2.33. The molecular formula is C21H18F3NO3. The minimum Gasteiger partial charge on any atom is -0.490 e. The molecule has 1 N–H and O–H groups in total. The summed E-state index contributed by atoms with van der Waals surface area (Å²) in [5, 5.41) is 2.49. The van der Waals surface area contributed by atoms with Crippen LogP contribution in [0.25, 0.3) is 11.6 Å². The van der Waals surface area contributed by atoms with E-state index >= 15 is 0 Å². The monoisotopic (exact) mass is 389 g/mol. The van der Waals surface area contributed by atoms with Gasteiger partial charge in [0.15, 0.2) is 11.5 Å². The molecule has 1 aliphatic rings. The molecule has 2 aromatic carbocycles. The first-order valence-corrected chi connectivity index (χ1v) is 8.58. The molecule has 146 valence electrons. The Morgan fingerprint density at radius 1 is 1.11 bits per heavy atom. The fraction of sp³-hybridized carbons (Fsp3) is 0.190. The van der Waals surface area contributed by atoms with Crippen molar-refractivity contribution >= 4 is 23.2 Å². The van der Waals surface area contributed by atoms with Gasteiger partial charge in [-0.1, -0.05) is 24.8 Å². The summed E-state index contributed by atoms with van der Waals surface area (Å²) < 4.78 is 49.8. The van der Waals surface area contributed by atoms with Crippen LogP contribution in [0.15, 0.2) is 49.1 Å². The van der Waals surface area contributed by atoms with Crippen LogP contribution in [0, 0.1) is 0 Å². The van der Waals surface area contributed by atoms with Gasteiger partial charge in [0.1, 0.15) is 6.61 Å². The molecular weight excluding hydrogens is 371 g/mol. The normalized spacial score (nSPS) is 14.6. The first-order valence-electron chi connectivity index (χ1n) is 8.58. The van der Waals surface area contributed by atoms with Gasteiger partial charge in [-0.3, -0.25) is 4.79 Å². The van der Waals surface area contributed by atoms with Gasteiger partial charge in [0, 0.05) is 16.8 Å². The predicted octanol–water partition coefficient (Wildman–Crippen LogP) is 5.16. The molecule has 4 nitrogen and oxygen atoms in total. The van der Waals surface area contributed by atoms with Gasteiger partial charge < -0.3 is 14.8 Å². The third kappa shape index (κ3) is 4.03. The molecule has 0 spiro atoms. The number of benzene rings is 2. The Bertz CT molecular complexity index is 948. The smallest absolute Gasteiger partial charge is 0.416 e. The molecule has 0 saturated carbocycles. The quantitative estimate of drug-likeness (QED) is 0.548. The number of carbonyl (C=O) groups excluding carboxylic acids is 1. The van der Waals surface area contributed by atoms with Crippen molar-refractivity contribution in [3.63, 3.8) is 0 Å². The van der Waals surface area contributed by atoms with Crippen molar-refractivity contribution in [1.82, 2.24) is 0 Å². The minimum atomic E-state index is -4.47. The summed E-state index contributed by atoms with van der Waals surface area (Å²) in [5.41, 5.74) is 0.693. The number of carbonyl (C=O) groups is 1. The molecule has 1 amide bonds. The summed E-state index contributed by atoms with van der Waals surface area (Å²) in [4.78, 5) is 12.3. The van der Waals surface area contributed by atoms with Crippen molar-refractivity contribution in [3.05, 3.63) is 65.7 Å². The molecule has 1 aliphatic heterocycles. The zero-order chi connectivity index (χ0) is 20.3. The van der Waals surface area contributed by atoms with Crippen LogP contribution in [-0.4, -0.2) is 19.1 Å². The highest BCUT2D eigenvalue weighted by molar-refractivity contribution is 6.34. The summed E-state index contributed by atoms with van der Waals surface area (Å²) >= 11 is 0. The maximum Gasteiger partial charge on any atom is 0.416 e. The molecule has 2 aromatic rings. The van der Waals surface area contributed by atoms with E-state index in [0.29, 0.717) is 35.8 Å². The molecule has 0 aliphatic carbocycles. The second-order valence-corrected chi connectivity index (χ2v) is 6.01. The van der Waals surface area contributed by atoms with E-state index in [9.17, 15) is 18.0 Å². The molecule has 1 heterocycles. The summed E-state index contributed by atoms with van der Waals surface area (Å²) in [5.74, 6) is 0.582. The molecule has 7 heteroatoms. The third-order valence-electron chi connectivity index (χ3n) is 4.07. The molecule has 28 heavy (non-hydrogen) atoms. The van der Waals surface area contributed by atoms with Crippen LogP contribution in [0.3, 0.4) is 0 Å². The molecule has 0 radical (unpaired) electrons. The van der Waals surface area contributed by atoms with Crippen LogP contribution in [-0.2, 0) is 11.0 Å². The Morgan fingerprint density at radius 3 is 2.57 bits per heavy atom. The van der Waals surface area contributed by atoms with Crippen molar-refractivity contribution in [2.75, 3.05) is 18.5 Å². The molecule has 0 bridgehead atoms. The first kappa shape index (κ1) is 19.5. The van der Waals surface area contributed by atoms with Gasteiger partial charge in [-0.05, 0) is 42.8 Å². The van der Waals surface area contributed by atoms with E-state index in [1.807, 2.05) is 6.92 Å². The van der Waals surface area contributed by atoms with E-state index < -0.39 is 17.6 Å². The van der Waals surface area contributed by atoms with Gasteiger partial charge in [-0.2, -0.15) is 13.2 Å². The van der Waals surface area contributed by atoms with Gasteiger partial charge >= 0.3 is 6.18 Å². The van der Waals surface area contributed by atoms with E-state index in [1.54, 1.807) is 30.4 Å². The van der Waals surface area contributed by atoms with Crippen molar-refractivity contribution < 1.29 is 27.4 Å². The maximum absolute atomic E-state index is 12.9. The SMILES string of the molecule is C=CCOc1ccc(/C=C2\C(=O)Nc3cc(C(F)(F)F)ccc32)cc1OCC. The number of nitrogens with one attached hydrogen (secondary N) is 1. The van der Waals surface area contributed by atoms with Crippen LogP contribution < -0.4 is 14.8 Å². The summed E-state index contributed by atoms with van der Waals surface area (Å²) in [7, 11) is 0. The van der Waals surface area contributed by atoms with Crippen LogP contribution in [0.2, 0.25) is 0 Å². The third-order valence-corrected chi connectivity index (χ3v) is 4.07. The van der Waals surface area contributed by atoms with Gasteiger partial charge in [0.05, 0.1) is 12.2 Å². The largest absolute Gasteiger partial charge is 0.490 e. The minimum absolute atomic E-state index is 0.141. The topological polar surface area (TPSA) is 47.6 Å². The molecule has 0 unspecified atom stereocenters. The number of rotatable bonds is 6. The fourth-order valence-corrected chi connectivity index (χ4v) is 2.83. The predicted molar refractivity (Wildman–Crippen MR) is 101 cm³/mol. The Hall–Kier alpha value is -3.22. The van der Waals surface area contributed by atoms with Crippen molar-refractivity contribution in [2.45, 2.75) is 13.1 Å². The second-order valence-electron chi connectivity index (χ2n) is 6.01. The maximum atomic E-state index is 12.9. The van der Waals surface area contributed by atoms with Crippen LogP contribution in [0.1, 0.15) is 23.6 Å². The van der Waals surface area contributed by atoms with Crippen molar-refractivity contribution in [2.24, 2.45) is 0 Å². The first-order chi connectivity index (χ1) is 13.3. The number of ether oxygens (including phenoxy) is 2. The lowest BCUT2D eigenvalue weighted by Gasteiger charge is -2.11. The average Bonchev–Trinajstić information content (AvgIpc) is 2.95. The number of hydrogen-bond donors (Lipinski definition) is 1.